The Kier molecular flexibility index (Phi) is 4.82. The zero-order valence-electron chi connectivity index (χ0n) is 14.3. The Morgan fingerprint density at radius 2 is 1.37 bits per heavy atom. The van der Waals surface area contributed by atoms with E-state index in [1.165, 1.54) is 34.3 Å². The Morgan fingerprint density at radius 3 is 1.96 bits per heavy atom. The summed E-state index contributed by atoms with van der Waals surface area (Å²) in [6.07, 6.45) is 3.58. The van der Waals surface area contributed by atoms with Crippen molar-refractivity contribution in [2.75, 3.05) is 10.0 Å². The van der Waals surface area contributed by atoms with Gasteiger partial charge in [0.15, 0.2) is 0 Å². The molecule has 7 heteroatoms. The number of hydrazine groups is 1. The first kappa shape index (κ1) is 18.3. The van der Waals surface area contributed by atoms with Gasteiger partial charge < -0.3 is 0 Å². The van der Waals surface area contributed by atoms with E-state index >= 15 is 0 Å². The minimum atomic E-state index is -0.643. The molecule has 1 aliphatic carbocycles. The van der Waals surface area contributed by atoms with Gasteiger partial charge in [-0.3, -0.25) is 4.79 Å². The molecule has 0 radical (unpaired) electrons. The van der Waals surface area contributed by atoms with Crippen molar-refractivity contribution in [3.63, 3.8) is 0 Å². The molecule has 0 fully saturated rings. The number of carbonyl (C=O) groups is 1. The van der Waals surface area contributed by atoms with Gasteiger partial charge in [0.25, 0.3) is 0 Å². The Hall–Kier alpha value is -2.11. The Bertz CT molecular complexity index is 961. The maximum absolute atomic E-state index is 14.8. The summed E-state index contributed by atoms with van der Waals surface area (Å²) in [5, 5.41) is 3.18. The molecule has 1 amide bonds. The van der Waals surface area contributed by atoms with Crippen LogP contribution in [0.5, 0.6) is 0 Å². The van der Waals surface area contributed by atoms with Crippen molar-refractivity contribution in [2.24, 2.45) is 0 Å². The van der Waals surface area contributed by atoms with Crippen LogP contribution in [-0.2, 0) is 4.79 Å². The largest absolute Gasteiger partial charge is 0.272 e. The lowest BCUT2D eigenvalue weighted by Gasteiger charge is -2.44. The zero-order chi connectivity index (χ0) is 19.1. The molecule has 0 spiro atoms. The third kappa shape index (κ3) is 3.30. The van der Waals surface area contributed by atoms with Gasteiger partial charge in [-0.25, -0.2) is 18.8 Å². The summed E-state index contributed by atoms with van der Waals surface area (Å²) < 4.78 is 29.4. The third-order valence-electron chi connectivity index (χ3n) is 4.88. The monoisotopic (exact) mass is 408 g/mol. The highest BCUT2D eigenvalue weighted by molar-refractivity contribution is 6.31. The topological polar surface area (TPSA) is 23.6 Å². The summed E-state index contributed by atoms with van der Waals surface area (Å²) in [7, 11) is 0. The number of nitrogens with zero attached hydrogens (tertiary/aromatic N) is 2. The van der Waals surface area contributed by atoms with Crippen LogP contribution in [0.2, 0.25) is 10.0 Å². The second kappa shape index (κ2) is 7.13. The number of allylic oxidation sites excluding steroid dienone is 1. The number of hydrogen-bond acceptors (Lipinski definition) is 2. The predicted molar refractivity (Wildman–Crippen MR) is 103 cm³/mol. The normalized spacial score (nSPS) is 17.4. The molecule has 2 aliphatic rings. The Morgan fingerprint density at radius 1 is 0.815 bits per heavy atom. The first-order valence-electron chi connectivity index (χ1n) is 8.69. The van der Waals surface area contributed by atoms with Gasteiger partial charge in [-0.05, 0) is 67.7 Å². The zero-order valence-corrected chi connectivity index (χ0v) is 15.8. The van der Waals surface area contributed by atoms with Gasteiger partial charge in [-0.1, -0.05) is 23.2 Å². The maximum atomic E-state index is 14.8. The number of amides is 1. The van der Waals surface area contributed by atoms with Gasteiger partial charge in [-0.15, -0.1) is 0 Å². The van der Waals surface area contributed by atoms with Gasteiger partial charge in [0.05, 0.1) is 12.1 Å². The molecular weight excluding hydrogens is 393 g/mol. The van der Waals surface area contributed by atoms with Gasteiger partial charge in [0.1, 0.15) is 17.3 Å². The van der Waals surface area contributed by atoms with Crippen LogP contribution in [0, 0.1) is 11.6 Å². The number of hydrogen-bond donors (Lipinski definition) is 0. The van der Waals surface area contributed by atoms with E-state index in [4.69, 9.17) is 23.2 Å². The molecule has 0 saturated carbocycles. The highest BCUT2D eigenvalue weighted by Gasteiger charge is 2.37. The summed E-state index contributed by atoms with van der Waals surface area (Å²) >= 11 is 11.8. The van der Waals surface area contributed by atoms with Crippen molar-refractivity contribution in [1.29, 1.82) is 0 Å². The maximum Gasteiger partial charge on any atom is 0.250 e. The fourth-order valence-corrected chi connectivity index (χ4v) is 4.01. The first-order valence-corrected chi connectivity index (χ1v) is 9.45. The predicted octanol–water partition coefficient (Wildman–Crippen LogP) is 6.26. The van der Waals surface area contributed by atoms with E-state index in [-0.39, 0.29) is 33.7 Å². The van der Waals surface area contributed by atoms with Crippen LogP contribution in [0.25, 0.3) is 0 Å². The minimum absolute atomic E-state index is 0.0378. The van der Waals surface area contributed by atoms with Crippen molar-refractivity contribution in [3.05, 3.63) is 69.3 Å². The third-order valence-corrected chi connectivity index (χ3v) is 5.35. The van der Waals surface area contributed by atoms with E-state index in [9.17, 15) is 13.6 Å². The van der Waals surface area contributed by atoms with Crippen molar-refractivity contribution in [2.45, 2.75) is 32.1 Å². The summed E-state index contributed by atoms with van der Waals surface area (Å²) in [6.45, 7) is 0. The molecule has 3 nitrogen and oxygen atoms in total. The van der Waals surface area contributed by atoms with E-state index in [1.807, 2.05) is 0 Å². The fourth-order valence-electron chi connectivity index (χ4n) is 3.69. The molecule has 0 atom stereocenters. The quantitative estimate of drug-likeness (QED) is 0.585. The first-order chi connectivity index (χ1) is 13.0. The van der Waals surface area contributed by atoms with Crippen molar-refractivity contribution >= 4 is 40.5 Å². The van der Waals surface area contributed by atoms with Crippen molar-refractivity contribution in [1.82, 2.24) is 0 Å². The number of halogens is 4. The average molecular weight is 409 g/mol. The summed E-state index contributed by atoms with van der Waals surface area (Å²) in [5.41, 5.74) is 2.02. The number of rotatable bonds is 2. The lowest BCUT2D eigenvalue weighted by molar-refractivity contribution is -0.118. The molecule has 0 saturated heterocycles. The van der Waals surface area contributed by atoms with E-state index in [0.29, 0.717) is 6.42 Å². The van der Waals surface area contributed by atoms with E-state index < -0.39 is 11.6 Å². The van der Waals surface area contributed by atoms with Gasteiger partial charge in [0.2, 0.25) is 5.91 Å². The highest BCUT2D eigenvalue weighted by atomic mass is 35.5. The molecule has 2 aromatic carbocycles. The molecular formula is C20H16Cl2F2N2O. The smallest absolute Gasteiger partial charge is 0.250 e. The van der Waals surface area contributed by atoms with Crippen LogP contribution < -0.4 is 10.0 Å². The van der Waals surface area contributed by atoms with E-state index in [2.05, 4.69) is 0 Å². The number of anilines is 2. The van der Waals surface area contributed by atoms with Crippen LogP contribution in [0.4, 0.5) is 20.2 Å². The van der Waals surface area contributed by atoms with Gasteiger partial charge in [0, 0.05) is 15.7 Å². The van der Waals surface area contributed by atoms with E-state index in [0.717, 1.165) is 36.6 Å². The summed E-state index contributed by atoms with van der Waals surface area (Å²) in [4.78, 5) is 13.0. The van der Waals surface area contributed by atoms with Crippen molar-refractivity contribution < 1.29 is 13.6 Å². The molecule has 2 aromatic rings. The Labute approximate surface area is 165 Å². The summed E-state index contributed by atoms with van der Waals surface area (Å²) in [5.74, 6) is -1.53. The minimum Gasteiger partial charge on any atom is -0.272 e. The van der Waals surface area contributed by atoms with Crippen LogP contribution in [-0.4, -0.2) is 5.91 Å². The van der Waals surface area contributed by atoms with E-state index in [1.54, 1.807) is 6.07 Å². The lowest BCUT2D eigenvalue weighted by atomic mass is 9.91. The molecule has 0 aromatic heterocycles. The SMILES string of the molecule is O=C1CC2=C(CCCC2)N(c2ccc(Cl)cc2F)N1c1ccc(Cl)cc1F. The molecule has 4 rings (SSSR count). The van der Waals surface area contributed by atoms with Crippen LogP contribution in [0.3, 0.4) is 0 Å². The highest BCUT2D eigenvalue weighted by Crippen LogP contribution is 2.41. The average Bonchev–Trinajstić information content (AvgIpc) is 2.62. The molecule has 0 unspecified atom stereocenters. The van der Waals surface area contributed by atoms with Gasteiger partial charge >= 0.3 is 0 Å². The summed E-state index contributed by atoms with van der Waals surface area (Å²) in [6, 6.07) is 8.34. The van der Waals surface area contributed by atoms with Crippen molar-refractivity contribution in [3.8, 4) is 0 Å². The molecule has 27 heavy (non-hydrogen) atoms. The molecule has 1 aliphatic heterocycles. The Balaban J connectivity index is 1.92. The van der Waals surface area contributed by atoms with Crippen LogP contribution >= 0.6 is 23.2 Å². The second-order valence-corrected chi connectivity index (χ2v) is 7.52. The molecule has 0 N–H and O–H groups in total. The van der Waals surface area contributed by atoms with Crippen LogP contribution in [0.15, 0.2) is 47.7 Å². The lowest BCUT2D eigenvalue weighted by Crippen LogP contribution is -2.51. The number of benzene rings is 2. The second-order valence-electron chi connectivity index (χ2n) is 6.64. The fraction of sp³-hybridized carbons (Fsp3) is 0.250. The van der Waals surface area contributed by atoms with Crippen LogP contribution in [0.1, 0.15) is 32.1 Å². The standard InChI is InChI=1S/C20H16Cl2F2N2O/c21-13-5-7-18(15(23)10-13)25-17-4-2-1-3-12(17)9-20(27)26(25)19-8-6-14(22)11-16(19)24/h5-8,10-11H,1-4,9H2. The molecule has 1 heterocycles. The molecule has 0 bridgehead atoms. The molecule has 140 valence electrons. The van der Waals surface area contributed by atoms with Gasteiger partial charge in [-0.2, -0.15) is 0 Å². The number of carbonyl (C=O) groups excluding carboxylic acids is 1.